The third kappa shape index (κ3) is 3.70. The molecule has 0 spiro atoms. The second-order valence-corrected chi connectivity index (χ2v) is 7.99. The number of aliphatic imine (C=N–C) groups is 1. The number of carbonyl (C=O) groups is 1. The molecule has 2 aromatic rings. The average Bonchev–Trinajstić information content (AvgIpc) is 3.07. The van der Waals surface area contributed by atoms with Gasteiger partial charge in [-0.15, -0.1) is 0 Å². The molecule has 11 heteroatoms. The van der Waals surface area contributed by atoms with Gasteiger partial charge in [0.15, 0.2) is 5.17 Å². The van der Waals surface area contributed by atoms with Crippen LogP contribution >= 0.6 is 11.8 Å². The van der Waals surface area contributed by atoms with E-state index in [4.69, 9.17) is 10.5 Å². The molecule has 8 nitrogen and oxygen atoms in total. The summed E-state index contributed by atoms with van der Waals surface area (Å²) < 4.78 is 37.4. The van der Waals surface area contributed by atoms with Gasteiger partial charge in [0, 0.05) is 22.9 Å². The smallest absolute Gasteiger partial charge is 0.275 e. The van der Waals surface area contributed by atoms with Gasteiger partial charge in [0.2, 0.25) is 12.7 Å². The maximum Gasteiger partial charge on any atom is 0.275 e. The highest BCUT2D eigenvalue weighted by molar-refractivity contribution is 8.13. The third-order valence-corrected chi connectivity index (χ3v) is 6.13. The third-order valence-electron chi connectivity index (χ3n) is 5.22. The summed E-state index contributed by atoms with van der Waals surface area (Å²) in [6.45, 7) is 1.09. The first kappa shape index (κ1) is 20.5. The van der Waals surface area contributed by atoms with Crippen LogP contribution in [0, 0.1) is 11.7 Å². The lowest BCUT2D eigenvalue weighted by molar-refractivity contribution is 0.102. The van der Waals surface area contributed by atoms with Crippen molar-refractivity contribution >= 4 is 28.5 Å². The molecule has 2 aliphatic heterocycles. The van der Waals surface area contributed by atoms with Crippen molar-refractivity contribution in [2.24, 2.45) is 16.6 Å². The van der Waals surface area contributed by atoms with Crippen molar-refractivity contribution in [1.29, 1.82) is 0 Å². The number of aromatic nitrogens is 2. The van der Waals surface area contributed by atoms with E-state index in [0.717, 1.165) is 12.4 Å². The molecule has 30 heavy (non-hydrogen) atoms. The van der Waals surface area contributed by atoms with Crippen molar-refractivity contribution < 1.29 is 23.0 Å². The first-order valence-electron chi connectivity index (χ1n) is 9.15. The van der Waals surface area contributed by atoms with E-state index in [9.17, 15) is 13.6 Å². The predicted molar refractivity (Wildman–Crippen MR) is 108 cm³/mol. The van der Waals surface area contributed by atoms with E-state index in [1.807, 2.05) is 6.92 Å². The first-order chi connectivity index (χ1) is 14.4. The highest BCUT2D eigenvalue weighted by atomic mass is 32.2. The maximum absolute atomic E-state index is 14.9. The second kappa shape index (κ2) is 8.15. The van der Waals surface area contributed by atoms with Crippen LogP contribution in [-0.4, -0.2) is 46.4 Å². The Kier molecular flexibility index (Phi) is 5.56. The number of amides is 1. The number of hydrogen-bond acceptors (Lipinski definition) is 8. The molecule has 0 aliphatic carbocycles. The number of benzene rings is 1. The summed E-state index contributed by atoms with van der Waals surface area (Å²) in [6.07, 6.45) is 2.20. The van der Waals surface area contributed by atoms with Crippen LogP contribution in [0.1, 0.15) is 23.0 Å². The summed E-state index contributed by atoms with van der Waals surface area (Å²) in [5.41, 5.74) is 5.69. The molecule has 1 amide bonds. The van der Waals surface area contributed by atoms with Crippen LogP contribution in [0.2, 0.25) is 0 Å². The number of nitrogens with one attached hydrogen (secondary N) is 1. The zero-order valence-corrected chi connectivity index (χ0v) is 16.8. The number of nitrogens with zero attached hydrogens (tertiary/aromatic N) is 3. The number of ether oxygens (including phenoxy) is 2. The number of nitrogens with two attached hydrogens (primary N) is 1. The van der Waals surface area contributed by atoms with Crippen LogP contribution in [0.4, 0.5) is 14.5 Å². The molecule has 0 saturated carbocycles. The van der Waals surface area contributed by atoms with Crippen molar-refractivity contribution in [2.45, 2.75) is 18.6 Å². The van der Waals surface area contributed by atoms with E-state index in [1.165, 1.54) is 23.9 Å². The Labute approximate surface area is 175 Å². The highest BCUT2D eigenvalue weighted by Gasteiger charge is 2.52. The van der Waals surface area contributed by atoms with Crippen molar-refractivity contribution in [3.63, 3.8) is 0 Å². The minimum atomic E-state index is -1.05. The van der Waals surface area contributed by atoms with E-state index in [1.54, 1.807) is 6.07 Å². The number of hydrogen-bond donors (Lipinski definition) is 2. The maximum atomic E-state index is 14.9. The zero-order valence-electron chi connectivity index (χ0n) is 16.0. The molecule has 0 unspecified atom stereocenters. The SMILES string of the molecule is C[C@@H]1OC[C@@]2(c3cc(NC(=O)c4cnc(OCF)cn4)ccc3F)N=C(N)SC[C@H]12. The number of amidine groups is 1. The van der Waals surface area contributed by atoms with E-state index >= 15 is 0 Å². The van der Waals surface area contributed by atoms with Gasteiger partial charge < -0.3 is 20.5 Å². The normalized spacial score (nSPS) is 25.4. The molecule has 3 atom stereocenters. The van der Waals surface area contributed by atoms with Crippen molar-refractivity contribution in [3.8, 4) is 5.88 Å². The Balaban J connectivity index is 1.62. The monoisotopic (exact) mass is 435 g/mol. The van der Waals surface area contributed by atoms with Crippen LogP contribution in [0.5, 0.6) is 5.88 Å². The van der Waals surface area contributed by atoms with Crippen molar-refractivity contribution in [2.75, 3.05) is 24.5 Å². The Morgan fingerprint density at radius 3 is 3.00 bits per heavy atom. The van der Waals surface area contributed by atoms with Crippen LogP contribution in [-0.2, 0) is 10.3 Å². The molecule has 2 aliphatic rings. The molecule has 1 aromatic carbocycles. The van der Waals surface area contributed by atoms with Gasteiger partial charge in [-0.25, -0.2) is 23.7 Å². The second-order valence-electron chi connectivity index (χ2n) is 6.95. The van der Waals surface area contributed by atoms with Crippen molar-refractivity contribution in [3.05, 3.63) is 47.7 Å². The number of carbonyl (C=O) groups excluding carboxylic acids is 1. The number of alkyl halides is 1. The van der Waals surface area contributed by atoms with Gasteiger partial charge in [0.05, 0.1) is 25.1 Å². The Morgan fingerprint density at radius 1 is 1.43 bits per heavy atom. The molecular weight excluding hydrogens is 416 g/mol. The van der Waals surface area contributed by atoms with Gasteiger partial charge in [0.1, 0.15) is 17.1 Å². The van der Waals surface area contributed by atoms with Gasteiger partial charge in [-0.1, -0.05) is 11.8 Å². The largest absolute Gasteiger partial charge is 0.445 e. The number of fused-ring (bicyclic) bond motifs is 1. The topological polar surface area (TPSA) is 112 Å². The fourth-order valence-electron chi connectivity index (χ4n) is 3.69. The fraction of sp³-hybridized carbons (Fsp3) is 0.368. The number of thioether (sulfide) groups is 1. The van der Waals surface area contributed by atoms with Crippen LogP contribution in [0.3, 0.4) is 0 Å². The average molecular weight is 435 g/mol. The number of halogens is 2. The Bertz CT molecular complexity index is 991. The molecule has 158 valence electrons. The molecule has 1 fully saturated rings. The molecule has 1 aromatic heterocycles. The van der Waals surface area contributed by atoms with E-state index in [-0.39, 0.29) is 30.2 Å². The number of anilines is 1. The molecular formula is C19H19F2N5O3S. The van der Waals surface area contributed by atoms with E-state index < -0.39 is 24.1 Å². The zero-order chi connectivity index (χ0) is 21.3. The minimum Gasteiger partial charge on any atom is -0.445 e. The number of rotatable bonds is 5. The fourth-order valence-corrected chi connectivity index (χ4v) is 4.82. The first-order valence-corrected chi connectivity index (χ1v) is 10.1. The van der Waals surface area contributed by atoms with Gasteiger partial charge in [0.25, 0.3) is 5.91 Å². The summed E-state index contributed by atoms with van der Waals surface area (Å²) in [5, 5.41) is 3.05. The molecule has 4 rings (SSSR count). The lowest BCUT2D eigenvalue weighted by Crippen LogP contribution is -2.41. The quantitative estimate of drug-likeness (QED) is 0.742. The van der Waals surface area contributed by atoms with Crippen LogP contribution in [0.25, 0.3) is 0 Å². The Hall–Kier alpha value is -2.79. The molecule has 3 N–H and O–H groups in total. The molecule has 3 heterocycles. The van der Waals surface area contributed by atoms with Gasteiger partial charge >= 0.3 is 0 Å². The lowest BCUT2D eigenvalue weighted by atomic mass is 9.79. The standard InChI is InChI=1S/C19H19F2N5O3S/c1-10-13-7-30-18(22)26-19(13,8-28-10)12-4-11(2-3-14(12)21)25-17(27)15-5-24-16(6-23-15)29-9-20/h2-6,10,13H,7-9H2,1H3,(H2,22,26)(H,25,27)/t10-,13+,19-/m0/s1. The summed E-state index contributed by atoms with van der Waals surface area (Å²) in [5.74, 6) is -0.436. The molecule has 0 bridgehead atoms. The van der Waals surface area contributed by atoms with E-state index in [0.29, 0.717) is 22.2 Å². The molecule has 1 saturated heterocycles. The predicted octanol–water partition coefficient (Wildman–Crippen LogP) is 2.47. The highest BCUT2D eigenvalue weighted by Crippen LogP contribution is 2.48. The Morgan fingerprint density at radius 2 is 2.27 bits per heavy atom. The summed E-state index contributed by atoms with van der Waals surface area (Å²) in [4.78, 5) is 24.8. The lowest BCUT2D eigenvalue weighted by Gasteiger charge is -2.35. The summed E-state index contributed by atoms with van der Waals surface area (Å²) >= 11 is 1.42. The van der Waals surface area contributed by atoms with Crippen LogP contribution in [0.15, 0.2) is 35.6 Å². The summed E-state index contributed by atoms with van der Waals surface area (Å²) in [7, 11) is 0. The van der Waals surface area contributed by atoms with Crippen molar-refractivity contribution in [1.82, 2.24) is 9.97 Å². The summed E-state index contributed by atoms with van der Waals surface area (Å²) in [6, 6.07) is 4.26. The minimum absolute atomic E-state index is 0.00252. The van der Waals surface area contributed by atoms with Crippen LogP contribution < -0.4 is 15.8 Å². The van der Waals surface area contributed by atoms with E-state index in [2.05, 4.69) is 25.0 Å². The van der Waals surface area contributed by atoms with Gasteiger partial charge in [-0.05, 0) is 25.1 Å². The van der Waals surface area contributed by atoms with Gasteiger partial charge in [-0.3, -0.25) is 4.79 Å². The van der Waals surface area contributed by atoms with Gasteiger partial charge in [-0.2, -0.15) is 0 Å². The molecule has 0 radical (unpaired) electrons.